The van der Waals surface area contributed by atoms with E-state index < -0.39 is 5.97 Å². The quantitative estimate of drug-likeness (QED) is 0.728. The first-order chi connectivity index (χ1) is 10.1. The number of carboxylic acid groups (broad SMARTS) is 1. The van der Waals surface area contributed by atoms with Gasteiger partial charge in [0.15, 0.2) is 4.96 Å². The SMILES string of the molecule is O=C(O)Cn1cc(NC(=O)Cc2cn3ccsc3n2)cn1. The van der Waals surface area contributed by atoms with Gasteiger partial charge in [0, 0.05) is 24.0 Å². The Morgan fingerprint density at radius 2 is 2.24 bits per heavy atom. The molecule has 0 radical (unpaired) electrons. The number of hydrogen-bond donors (Lipinski definition) is 2. The summed E-state index contributed by atoms with van der Waals surface area (Å²) in [5.41, 5.74) is 1.14. The minimum absolute atomic E-state index is 0.151. The van der Waals surface area contributed by atoms with Gasteiger partial charge in [-0.3, -0.25) is 18.7 Å². The lowest BCUT2D eigenvalue weighted by atomic mass is 10.3. The van der Waals surface area contributed by atoms with E-state index in [0.29, 0.717) is 11.4 Å². The van der Waals surface area contributed by atoms with Crippen LogP contribution in [0.25, 0.3) is 4.96 Å². The molecule has 9 heteroatoms. The van der Waals surface area contributed by atoms with Crippen LogP contribution in [0.1, 0.15) is 5.69 Å². The van der Waals surface area contributed by atoms with Crippen molar-refractivity contribution in [3.05, 3.63) is 35.9 Å². The number of aliphatic carboxylic acids is 1. The smallest absolute Gasteiger partial charge is 0.325 e. The number of imidazole rings is 1. The van der Waals surface area contributed by atoms with E-state index in [1.54, 1.807) is 6.20 Å². The molecule has 0 aliphatic carbocycles. The van der Waals surface area contributed by atoms with Crippen LogP contribution in [-0.4, -0.2) is 36.1 Å². The van der Waals surface area contributed by atoms with Crippen LogP contribution < -0.4 is 5.32 Å². The first-order valence-corrected chi connectivity index (χ1v) is 6.93. The molecule has 3 rings (SSSR count). The Kier molecular flexibility index (Phi) is 3.40. The summed E-state index contributed by atoms with van der Waals surface area (Å²) in [6.07, 6.45) is 6.71. The molecule has 0 bridgehead atoms. The number of thiazole rings is 1. The molecule has 3 heterocycles. The summed E-state index contributed by atoms with van der Waals surface area (Å²) in [7, 11) is 0. The summed E-state index contributed by atoms with van der Waals surface area (Å²) >= 11 is 1.50. The van der Waals surface area contributed by atoms with Crippen LogP contribution in [0.15, 0.2) is 30.2 Å². The van der Waals surface area contributed by atoms with Gasteiger partial charge in [0.05, 0.1) is 24.0 Å². The molecular formula is C12H11N5O3S. The summed E-state index contributed by atoms with van der Waals surface area (Å²) in [6.45, 7) is -0.243. The predicted octanol–water partition coefficient (Wildman–Crippen LogP) is 0.858. The molecule has 0 aromatic carbocycles. The maximum atomic E-state index is 11.9. The summed E-state index contributed by atoms with van der Waals surface area (Å²) in [5, 5.41) is 17.1. The van der Waals surface area contributed by atoms with E-state index in [1.807, 2.05) is 16.0 Å². The van der Waals surface area contributed by atoms with E-state index in [4.69, 9.17) is 5.11 Å². The van der Waals surface area contributed by atoms with Crippen LogP contribution in [0.3, 0.4) is 0 Å². The summed E-state index contributed by atoms with van der Waals surface area (Å²) in [6, 6.07) is 0. The molecule has 0 saturated heterocycles. The van der Waals surface area contributed by atoms with Crippen LogP contribution in [0.2, 0.25) is 0 Å². The first-order valence-electron chi connectivity index (χ1n) is 6.05. The monoisotopic (exact) mass is 305 g/mol. The highest BCUT2D eigenvalue weighted by Gasteiger charge is 2.10. The topological polar surface area (TPSA) is 102 Å². The number of hydrogen-bond acceptors (Lipinski definition) is 5. The van der Waals surface area contributed by atoms with Crippen molar-refractivity contribution in [3.8, 4) is 0 Å². The Bertz CT molecular complexity index is 774. The molecule has 108 valence electrons. The van der Waals surface area contributed by atoms with Gasteiger partial charge in [-0.1, -0.05) is 0 Å². The fraction of sp³-hybridized carbons (Fsp3) is 0.167. The lowest BCUT2D eigenvalue weighted by molar-refractivity contribution is -0.137. The fourth-order valence-electron chi connectivity index (χ4n) is 1.88. The number of anilines is 1. The Morgan fingerprint density at radius 3 is 3.00 bits per heavy atom. The van der Waals surface area contributed by atoms with Gasteiger partial charge in [0.25, 0.3) is 0 Å². The van der Waals surface area contributed by atoms with E-state index in [1.165, 1.54) is 28.4 Å². The minimum atomic E-state index is -0.992. The summed E-state index contributed by atoms with van der Waals surface area (Å²) in [5.74, 6) is -1.22. The van der Waals surface area contributed by atoms with E-state index in [-0.39, 0.29) is 18.9 Å². The molecule has 3 aromatic heterocycles. The van der Waals surface area contributed by atoms with Crippen molar-refractivity contribution < 1.29 is 14.7 Å². The highest BCUT2D eigenvalue weighted by atomic mass is 32.1. The van der Waals surface area contributed by atoms with E-state index in [2.05, 4.69) is 15.4 Å². The van der Waals surface area contributed by atoms with Crippen LogP contribution in [-0.2, 0) is 22.6 Å². The summed E-state index contributed by atoms with van der Waals surface area (Å²) < 4.78 is 3.10. The van der Waals surface area contributed by atoms with Crippen molar-refractivity contribution in [1.29, 1.82) is 0 Å². The van der Waals surface area contributed by atoms with Gasteiger partial charge < -0.3 is 10.4 Å². The number of amides is 1. The van der Waals surface area contributed by atoms with Crippen LogP contribution in [0.4, 0.5) is 5.69 Å². The zero-order chi connectivity index (χ0) is 14.8. The molecule has 0 aliphatic heterocycles. The molecule has 0 saturated carbocycles. The van der Waals surface area contributed by atoms with Crippen LogP contribution in [0, 0.1) is 0 Å². The van der Waals surface area contributed by atoms with Gasteiger partial charge in [0.2, 0.25) is 5.91 Å². The van der Waals surface area contributed by atoms with Gasteiger partial charge in [-0.25, -0.2) is 4.98 Å². The minimum Gasteiger partial charge on any atom is -0.480 e. The van der Waals surface area contributed by atoms with Crippen LogP contribution in [0.5, 0.6) is 0 Å². The Balaban J connectivity index is 1.62. The largest absolute Gasteiger partial charge is 0.480 e. The Morgan fingerprint density at radius 1 is 1.38 bits per heavy atom. The third kappa shape index (κ3) is 3.08. The molecule has 0 spiro atoms. The van der Waals surface area contributed by atoms with Gasteiger partial charge >= 0.3 is 5.97 Å². The number of nitrogens with zero attached hydrogens (tertiary/aromatic N) is 4. The maximum absolute atomic E-state index is 11.9. The summed E-state index contributed by atoms with van der Waals surface area (Å²) in [4.78, 5) is 27.6. The van der Waals surface area contributed by atoms with Crippen LogP contribution >= 0.6 is 11.3 Å². The lowest BCUT2D eigenvalue weighted by Crippen LogP contribution is -2.14. The molecule has 2 N–H and O–H groups in total. The maximum Gasteiger partial charge on any atom is 0.325 e. The average Bonchev–Trinajstić information content (AvgIpc) is 3.04. The molecule has 8 nitrogen and oxygen atoms in total. The van der Waals surface area contributed by atoms with Crippen molar-refractivity contribution in [3.63, 3.8) is 0 Å². The van der Waals surface area contributed by atoms with Gasteiger partial charge in [-0.2, -0.15) is 5.10 Å². The second kappa shape index (κ2) is 5.37. The van der Waals surface area contributed by atoms with Gasteiger partial charge in [-0.15, -0.1) is 11.3 Å². The number of rotatable bonds is 5. The Labute approximate surface area is 122 Å². The highest BCUT2D eigenvalue weighted by Crippen LogP contribution is 2.12. The fourth-order valence-corrected chi connectivity index (χ4v) is 2.60. The first kappa shape index (κ1) is 13.3. The zero-order valence-electron chi connectivity index (χ0n) is 10.8. The standard InChI is InChI=1S/C12H11N5O3S/c18-10(3-8-5-16-1-2-21-12(16)15-8)14-9-4-13-17(6-9)7-11(19)20/h1-2,4-6H,3,7H2,(H,14,18)(H,19,20). The molecule has 0 aliphatic rings. The van der Waals surface area contributed by atoms with Gasteiger partial charge in [-0.05, 0) is 0 Å². The molecule has 21 heavy (non-hydrogen) atoms. The molecular weight excluding hydrogens is 294 g/mol. The molecule has 0 fully saturated rings. The highest BCUT2D eigenvalue weighted by molar-refractivity contribution is 7.15. The van der Waals surface area contributed by atoms with Gasteiger partial charge in [0.1, 0.15) is 6.54 Å². The molecule has 3 aromatic rings. The van der Waals surface area contributed by atoms with Crippen molar-refractivity contribution in [2.75, 3.05) is 5.32 Å². The third-order valence-corrected chi connectivity index (χ3v) is 3.47. The number of carbonyl (C=O) groups is 2. The van der Waals surface area contributed by atoms with E-state index in [9.17, 15) is 9.59 Å². The van der Waals surface area contributed by atoms with Crippen molar-refractivity contribution in [1.82, 2.24) is 19.2 Å². The van der Waals surface area contributed by atoms with E-state index >= 15 is 0 Å². The molecule has 0 unspecified atom stereocenters. The zero-order valence-corrected chi connectivity index (χ0v) is 11.6. The van der Waals surface area contributed by atoms with Crippen molar-refractivity contribution >= 4 is 33.9 Å². The number of carbonyl (C=O) groups excluding carboxylic acids is 1. The normalized spacial score (nSPS) is 10.9. The second-order valence-corrected chi connectivity index (χ2v) is 5.24. The molecule has 0 atom stereocenters. The predicted molar refractivity (Wildman–Crippen MR) is 75.3 cm³/mol. The number of fused-ring (bicyclic) bond motifs is 1. The van der Waals surface area contributed by atoms with Crippen molar-refractivity contribution in [2.45, 2.75) is 13.0 Å². The second-order valence-electron chi connectivity index (χ2n) is 4.37. The number of nitrogens with one attached hydrogen (secondary N) is 1. The number of aromatic nitrogens is 4. The number of carboxylic acids is 1. The average molecular weight is 305 g/mol. The lowest BCUT2D eigenvalue weighted by Gasteiger charge is -1.99. The van der Waals surface area contributed by atoms with Crippen molar-refractivity contribution in [2.24, 2.45) is 0 Å². The van der Waals surface area contributed by atoms with E-state index in [0.717, 1.165) is 4.96 Å². The Hall–Kier alpha value is -2.68. The third-order valence-electron chi connectivity index (χ3n) is 2.70. The molecule has 1 amide bonds.